The van der Waals surface area contributed by atoms with Gasteiger partial charge in [0.2, 0.25) is 23.6 Å². The van der Waals surface area contributed by atoms with Gasteiger partial charge in [-0.25, -0.2) is 19.9 Å². The lowest BCUT2D eigenvalue weighted by molar-refractivity contribution is -0.141. The number of amides is 5. The molecule has 69 heavy (non-hydrogen) atoms. The molecule has 2 aromatic carbocycles. The number of hydrogen-bond acceptors (Lipinski definition) is 16. The van der Waals surface area contributed by atoms with Crippen molar-refractivity contribution in [1.29, 1.82) is 5.26 Å². The fourth-order valence-electron chi connectivity index (χ4n) is 7.49. The minimum Gasteiger partial charge on any atom is -0.492 e. The standard InChI is InChI=1S/C48H63N13O8/c1-27-39(28(2)57-41(56-27)32-25-54-47(55-26-32)69-19-13-48(4,5)6)44(64)59-35(12-14-49)46(66)61(7)40-31-9-11-38(68-21-17-52)34(24-31)33-22-30(8-10-37(33)67-20-16-51)23-36(43(63)53-18-15-50)60-42(62)29(3)58-45(40)65/h8-11,22,24-26,29,35-36,40H,12-14,16-21,23,49,51-52H2,1-7H3,(H,53,63)(H,58,65)(H,59,64)(H,60,62). The molecule has 4 unspecified atom stereocenters. The van der Waals surface area contributed by atoms with Gasteiger partial charge in [-0.1, -0.05) is 32.9 Å². The first-order valence-corrected chi connectivity index (χ1v) is 22.7. The summed E-state index contributed by atoms with van der Waals surface area (Å²) in [5.74, 6) is -2.42. The van der Waals surface area contributed by atoms with Gasteiger partial charge >= 0.3 is 6.01 Å². The van der Waals surface area contributed by atoms with E-state index in [0.29, 0.717) is 57.3 Å². The predicted molar refractivity (Wildman–Crippen MR) is 255 cm³/mol. The average Bonchev–Trinajstić information content (AvgIpc) is 3.30. The molecule has 0 saturated carbocycles. The molecule has 4 bridgehead atoms. The van der Waals surface area contributed by atoms with Crippen LogP contribution in [0.3, 0.4) is 0 Å². The highest BCUT2D eigenvalue weighted by atomic mass is 16.5. The number of fused-ring (bicyclic) bond motifs is 5. The van der Waals surface area contributed by atoms with E-state index in [9.17, 15) is 29.2 Å². The number of ether oxygens (including phenoxy) is 3. The number of hydrogen-bond donors (Lipinski definition) is 7. The van der Waals surface area contributed by atoms with Gasteiger partial charge < -0.3 is 57.6 Å². The molecule has 3 heterocycles. The summed E-state index contributed by atoms with van der Waals surface area (Å²) in [6.07, 6.45) is 3.86. The van der Waals surface area contributed by atoms with Crippen molar-refractivity contribution in [2.24, 2.45) is 22.6 Å². The van der Waals surface area contributed by atoms with Gasteiger partial charge in [-0.3, -0.25) is 24.0 Å². The molecule has 0 radical (unpaired) electrons. The summed E-state index contributed by atoms with van der Waals surface area (Å²) < 4.78 is 17.9. The van der Waals surface area contributed by atoms with Crippen LogP contribution in [-0.2, 0) is 25.6 Å². The van der Waals surface area contributed by atoms with E-state index >= 15 is 0 Å². The van der Waals surface area contributed by atoms with Crippen LogP contribution in [0.1, 0.15) is 79.5 Å². The molecular weight excluding hydrogens is 887 g/mol. The second-order valence-corrected chi connectivity index (χ2v) is 17.7. The highest BCUT2D eigenvalue weighted by Gasteiger charge is 2.36. The normalized spacial score (nSPS) is 16.4. The fourth-order valence-corrected chi connectivity index (χ4v) is 7.49. The Labute approximate surface area is 401 Å². The fraction of sp³-hybridized carbons (Fsp3) is 0.458. The van der Waals surface area contributed by atoms with Crippen LogP contribution in [0, 0.1) is 30.6 Å². The van der Waals surface area contributed by atoms with Gasteiger partial charge in [0.1, 0.15) is 55.4 Å². The van der Waals surface area contributed by atoms with E-state index in [1.54, 1.807) is 50.2 Å². The van der Waals surface area contributed by atoms with Crippen molar-refractivity contribution in [3.63, 3.8) is 0 Å². The molecule has 21 nitrogen and oxygen atoms in total. The topological polar surface area (TPSA) is 318 Å². The number of nitrogens with two attached hydrogens (primary N) is 3. The van der Waals surface area contributed by atoms with Crippen LogP contribution in [0.2, 0.25) is 0 Å². The summed E-state index contributed by atoms with van der Waals surface area (Å²) in [6, 6.07) is 7.10. The highest BCUT2D eigenvalue weighted by Crippen LogP contribution is 2.40. The zero-order valence-corrected chi connectivity index (χ0v) is 40.2. The van der Waals surface area contributed by atoms with E-state index in [4.69, 9.17) is 31.4 Å². The summed E-state index contributed by atoms with van der Waals surface area (Å²) in [5.41, 5.74) is 20.9. The quantitative estimate of drug-likeness (QED) is 0.0696. The third-order valence-corrected chi connectivity index (χ3v) is 11.1. The number of likely N-dealkylation sites (N-methyl/N-ethyl adjacent to an activating group) is 1. The lowest BCUT2D eigenvalue weighted by Gasteiger charge is -2.32. The maximum atomic E-state index is 14.7. The van der Waals surface area contributed by atoms with Gasteiger partial charge in [0.25, 0.3) is 5.91 Å². The van der Waals surface area contributed by atoms with E-state index in [1.165, 1.54) is 31.3 Å². The number of nitrogens with one attached hydrogen (secondary N) is 4. The maximum absolute atomic E-state index is 14.7. The first-order chi connectivity index (χ1) is 32.9. The largest absolute Gasteiger partial charge is 0.492 e. The van der Waals surface area contributed by atoms with Crippen molar-refractivity contribution in [2.75, 3.05) is 53.0 Å². The third-order valence-electron chi connectivity index (χ3n) is 11.1. The molecule has 2 aromatic heterocycles. The smallest absolute Gasteiger partial charge is 0.316 e. The van der Waals surface area contributed by atoms with E-state index in [0.717, 1.165) is 6.42 Å². The minimum atomic E-state index is -1.43. The molecule has 368 valence electrons. The Morgan fingerprint density at radius 1 is 0.884 bits per heavy atom. The van der Waals surface area contributed by atoms with Gasteiger partial charge in [-0.05, 0) is 81.0 Å². The molecule has 0 fully saturated rings. The van der Waals surface area contributed by atoms with Crippen molar-refractivity contribution in [2.45, 2.75) is 85.0 Å². The molecule has 4 aromatic rings. The molecular formula is C48H63N13O8. The second kappa shape index (κ2) is 24.1. The average molecular weight is 950 g/mol. The van der Waals surface area contributed by atoms with E-state index in [-0.39, 0.29) is 75.0 Å². The van der Waals surface area contributed by atoms with Crippen molar-refractivity contribution < 1.29 is 38.2 Å². The predicted octanol–water partition coefficient (Wildman–Crippen LogP) is 1.54. The molecule has 5 rings (SSSR count). The van der Waals surface area contributed by atoms with Gasteiger partial charge in [0.05, 0.1) is 35.2 Å². The zero-order valence-electron chi connectivity index (χ0n) is 40.2. The van der Waals surface area contributed by atoms with E-state index in [1.807, 2.05) is 6.07 Å². The Balaban J connectivity index is 1.52. The molecule has 0 saturated heterocycles. The Morgan fingerprint density at radius 2 is 1.51 bits per heavy atom. The second-order valence-electron chi connectivity index (χ2n) is 17.7. The van der Waals surface area contributed by atoms with Crippen molar-refractivity contribution in [3.8, 4) is 46.1 Å². The summed E-state index contributed by atoms with van der Waals surface area (Å²) in [7, 11) is 1.40. The van der Waals surface area contributed by atoms with E-state index < -0.39 is 53.7 Å². The maximum Gasteiger partial charge on any atom is 0.316 e. The molecule has 1 aliphatic rings. The number of benzene rings is 2. The van der Waals surface area contributed by atoms with Crippen LogP contribution in [0.15, 0.2) is 48.8 Å². The zero-order chi connectivity index (χ0) is 50.4. The summed E-state index contributed by atoms with van der Waals surface area (Å²) in [4.78, 5) is 89.5. The van der Waals surface area contributed by atoms with Crippen LogP contribution >= 0.6 is 0 Å². The van der Waals surface area contributed by atoms with Gasteiger partial charge in [-0.2, -0.15) is 5.26 Å². The highest BCUT2D eigenvalue weighted by molar-refractivity contribution is 6.00. The number of carbonyl (C=O) groups excluding carboxylic acids is 5. The first kappa shape index (κ1) is 52.7. The summed E-state index contributed by atoms with van der Waals surface area (Å²) >= 11 is 0. The molecule has 21 heteroatoms. The van der Waals surface area contributed by atoms with Crippen LogP contribution in [0.5, 0.6) is 17.5 Å². The minimum absolute atomic E-state index is 0.00724. The lowest BCUT2D eigenvalue weighted by Crippen LogP contribution is -2.56. The van der Waals surface area contributed by atoms with Crippen molar-refractivity contribution in [3.05, 3.63) is 76.9 Å². The molecule has 0 aliphatic carbocycles. The van der Waals surface area contributed by atoms with Crippen LogP contribution in [-0.4, -0.2) is 126 Å². The molecule has 5 amide bonds. The Kier molecular flexibility index (Phi) is 18.4. The van der Waals surface area contributed by atoms with Crippen molar-refractivity contribution >= 4 is 29.5 Å². The number of rotatable bonds is 18. The van der Waals surface area contributed by atoms with Crippen LogP contribution < -0.4 is 52.7 Å². The van der Waals surface area contributed by atoms with E-state index in [2.05, 4.69) is 62.0 Å². The molecule has 10 N–H and O–H groups in total. The molecule has 4 atom stereocenters. The molecule has 1 aliphatic heterocycles. The number of carbonyl (C=O) groups is 5. The van der Waals surface area contributed by atoms with Crippen LogP contribution in [0.25, 0.3) is 22.5 Å². The number of aryl methyl sites for hydroxylation is 2. The third kappa shape index (κ3) is 13.9. The summed E-state index contributed by atoms with van der Waals surface area (Å²) in [5, 5.41) is 19.9. The number of nitrogens with zero attached hydrogens (tertiary/aromatic N) is 6. The lowest BCUT2D eigenvalue weighted by atomic mass is 9.93. The first-order valence-electron chi connectivity index (χ1n) is 22.7. The Bertz CT molecular complexity index is 2500. The van der Waals surface area contributed by atoms with Crippen molar-refractivity contribution in [1.82, 2.24) is 46.1 Å². The Morgan fingerprint density at radius 3 is 2.10 bits per heavy atom. The number of aromatic nitrogens is 4. The van der Waals surface area contributed by atoms with Gasteiger partial charge in [0.15, 0.2) is 5.82 Å². The Hall–Kier alpha value is -7.28. The van der Waals surface area contributed by atoms with Gasteiger partial charge in [-0.15, -0.1) is 0 Å². The SMILES string of the molecule is Cc1nc(-c2cnc(OCCC(C)(C)C)nc2)nc(C)c1C(=O)NC(CCN)C(=O)N(C)C1C(=O)NC(C)C(=O)NC(C(=O)NCC#N)Cc2ccc(OCCN)c(c2)-c2cc1ccc2OCCN. The van der Waals surface area contributed by atoms with Crippen LogP contribution in [0.4, 0.5) is 0 Å². The summed E-state index contributed by atoms with van der Waals surface area (Å²) in [6.45, 7) is 11.8. The number of nitriles is 1. The van der Waals surface area contributed by atoms with Gasteiger partial charge in [0, 0.05) is 50.1 Å². The monoisotopic (exact) mass is 949 g/mol. The molecule has 0 spiro atoms.